The monoisotopic (exact) mass is 306 g/mol. The molecule has 0 saturated carbocycles. The molecule has 114 valence electrons. The molecule has 3 unspecified atom stereocenters. The van der Waals surface area contributed by atoms with Crippen molar-refractivity contribution in [2.75, 3.05) is 26.2 Å². The van der Waals surface area contributed by atoms with Crippen LogP contribution < -0.4 is 5.32 Å². The summed E-state index contributed by atoms with van der Waals surface area (Å²) in [5.41, 5.74) is 2.83. The number of halogens is 1. The molecular weight excluding hydrogens is 284 g/mol. The van der Waals surface area contributed by atoms with Crippen LogP contribution in [0.25, 0.3) is 0 Å². The van der Waals surface area contributed by atoms with E-state index in [1.807, 2.05) is 6.07 Å². The Morgan fingerprint density at radius 2 is 2.29 bits per heavy atom. The fourth-order valence-corrected chi connectivity index (χ4v) is 4.28. The molecule has 2 heterocycles. The van der Waals surface area contributed by atoms with Crippen molar-refractivity contribution in [1.29, 1.82) is 0 Å². The third-order valence-corrected chi connectivity index (χ3v) is 5.47. The summed E-state index contributed by atoms with van der Waals surface area (Å²) in [7, 11) is 0. The van der Waals surface area contributed by atoms with Gasteiger partial charge in [0.2, 0.25) is 0 Å². The number of rotatable bonds is 3. The highest BCUT2D eigenvalue weighted by molar-refractivity contribution is 6.30. The van der Waals surface area contributed by atoms with Crippen LogP contribution in [0.5, 0.6) is 0 Å². The molecule has 21 heavy (non-hydrogen) atoms. The van der Waals surface area contributed by atoms with Crippen LogP contribution >= 0.6 is 11.6 Å². The van der Waals surface area contributed by atoms with Crippen LogP contribution in [-0.2, 0) is 11.2 Å². The van der Waals surface area contributed by atoms with Gasteiger partial charge in [-0.2, -0.15) is 0 Å². The van der Waals surface area contributed by atoms with Crippen molar-refractivity contribution in [3.8, 4) is 0 Å². The Labute approximate surface area is 131 Å². The molecular formula is C17H23ClN2O. The summed E-state index contributed by atoms with van der Waals surface area (Å²) in [6.45, 7) is 4.23. The van der Waals surface area contributed by atoms with Gasteiger partial charge in [-0.3, -0.25) is 4.90 Å². The van der Waals surface area contributed by atoms with Gasteiger partial charge < -0.3 is 10.1 Å². The van der Waals surface area contributed by atoms with Gasteiger partial charge in [0.05, 0.1) is 12.7 Å². The van der Waals surface area contributed by atoms with E-state index in [9.17, 15) is 0 Å². The van der Waals surface area contributed by atoms with Crippen LogP contribution in [0, 0.1) is 0 Å². The first-order valence-corrected chi connectivity index (χ1v) is 8.55. The minimum Gasteiger partial charge on any atom is -0.374 e. The number of hydrogen-bond acceptors (Lipinski definition) is 3. The molecule has 0 radical (unpaired) electrons. The second kappa shape index (κ2) is 5.88. The minimum absolute atomic E-state index is 0.343. The molecule has 1 aliphatic carbocycles. The summed E-state index contributed by atoms with van der Waals surface area (Å²) in [4.78, 5) is 2.61. The lowest BCUT2D eigenvalue weighted by Gasteiger charge is -2.35. The van der Waals surface area contributed by atoms with E-state index in [0.717, 1.165) is 31.1 Å². The van der Waals surface area contributed by atoms with E-state index in [1.165, 1.54) is 36.9 Å². The number of ether oxygens (including phenoxy) is 1. The predicted octanol–water partition coefficient (Wildman–Crippen LogP) is 2.78. The molecule has 3 atom stereocenters. The van der Waals surface area contributed by atoms with Crippen molar-refractivity contribution < 1.29 is 4.74 Å². The molecule has 2 aliphatic heterocycles. The quantitative estimate of drug-likeness (QED) is 0.929. The maximum Gasteiger partial charge on any atom is 0.0827 e. The van der Waals surface area contributed by atoms with Crippen molar-refractivity contribution in [2.45, 2.75) is 43.9 Å². The van der Waals surface area contributed by atoms with Gasteiger partial charge in [0, 0.05) is 30.2 Å². The van der Waals surface area contributed by atoms with Crippen molar-refractivity contribution >= 4 is 11.6 Å². The molecule has 4 rings (SSSR count). The van der Waals surface area contributed by atoms with E-state index in [0.29, 0.717) is 18.2 Å². The number of aryl methyl sites for hydroxylation is 1. The highest BCUT2D eigenvalue weighted by Gasteiger charge is 2.32. The Kier molecular flexibility index (Phi) is 3.92. The fraction of sp³-hybridized carbons (Fsp3) is 0.647. The number of benzene rings is 1. The standard InChI is InChI=1S/C17H23ClN2O/c18-13-4-5-16-12(8-13)3-6-17(16)19-9-15-10-20-7-1-2-14(20)11-21-15/h4-5,8,14-15,17,19H,1-3,6-7,9-11H2. The fourth-order valence-electron chi connectivity index (χ4n) is 4.08. The maximum atomic E-state index is 6.08. The molecule has 2 fully saturated rings. The van der Waals surface area contributed by atoms with E-state index < -0.39 is 0 Å². The van der Waals surface area contributed by atoms with Crippen molar-refractivity contribution in [2.24, 2.45) is 0 Å². The number of fused-ring (bicyclic) bond motifs is 2. The molecule has 0 bridgehead atoms. The van der Waals surface area contributed by atoms with E-state index in [-0.39, 0.29) is 0 Å². The summed E-state index contributed by atoms with van der Waals surface area (Å²) < 4.78 is 6.03. The lowest BCUT2D eigenvalue weighted by molar-refractivity contribution is -0.0478. The number of morpholine rings is 1. The van der Waals surface area contributed by atoms with Gasteiger partial charge in [-0.15, -0.1) is 0 Å². The Morgan fingerprint density at radius 3 is 3.24 bits per heavy atom. The van der Waals surface area contributed by atoms with Crippen LogP contribution in [0.2, 0.25) is 5.02 Å². The van der Waals surface area contributed by atoms with Gasteiger partial charge >= 0.3 is 0 Å². The van der Waals surface area contributed by atoms with Gasteiger partial charge in [0.15, 0.2) is 0 Å². The molecule has 3 nitrogen and oxygen atoms in total. The smallest absolute Gasteiger partial charge is 0.0827 e. The van der Waals surface area contributed by atoms with Gasteiger partial charge in [0.1, 0.15) is 0 Å². The van der Waals surface area contributed by atoms with Crippen molar-refractivity contribution in [1.82, 2.24) is 10.2 Å². The Morgan fingerprint density at radius 1 is 1.33 bits per heavy atom. The van der Waals surface area contributed by atoms with E-state index in [1.54, 1.807) is 0 Å². The molecule has 1 N–H and O–H groups in total. The second-order valence-electron chi connectivity index (χ2n) is 6.59. The lowest BCUT2D eigenvalue weighted by atomic mass is 10.1. The van der Waals surface area contributed by atoms with E-state index in [2.05, 4.69) is 22.3 Å². The zero-order valence-electron chi connectivity index (χ0n) is 12.4. The summed E-state index contributed by atoms with van der Waals surface area (Å²) in [5.74, 6) is 0. The normalized spacial score (nSPS) is 32.1. The van der Waals surface area contributed by atoms with Crippen LogP contribution in [-0.4, -0.2) is 43.3 Å². The summed E-state index contributed by atoms with van der Waals surface area (Å²) in [5, 5.41) is 4.56. The lowest BCUT2D eigenvalue weighted by Crippen LogP contribution is -2.49. The van der Waals surface area contributed by atoms with Gasteiger partial charge in [-0.05, 0) is 55.5 Å². The number of nitrogens with one attached hydrogen (secondary N) is 1. The molecule has 1 aromatic rings. The molecule has 1 aromatic carbocycles. The highest BCUT2D eigenvalue weighted by atomic mass is 35.5. The first kappa shape index (κ1) is 14.0. The Bertz CT molecular complexity index is 522. The first-order valence-electron chi connectivity index (χ1n) is 8.17. The maximum absolute atomic E-state index is 6.08. The topological polar surface area (TPSA) is 24.5 Å². The van der Waals surface area contributed by atoms with Gasteiger partial charge in [-0.25, -0.2) is 0 Å². The average molecular weight is 307 g/mol. The first-order chi connectivity index (χ1) is 10.3. The van der Waals surface area contributed by atoms with Gasteiger partial charge in [0.25, 0.3) is 0 Å². The molecule has 0 spiro atoms. The molecule has 0 amide bonds. The number of hydrogen-bond donors (Lipinski definition) is 1. The largest absolute Gasteiger partial charge is 0.374 e. The third kappa shape index (κ3) is 2.85. The second-order valence-corrected chi connectivity index (χ2v) is 7.03. The zero-order valence-corrected chi connectivity index (χ0v) is 13.1. The summed E-state index contributed by atoms with van der Waals surface area (Å²) in [6, 6.07) is 7.46. The Hall–Kier alpha value is -0.610. The van der Waals surface area contributed by atoms with Crippen LogP contribution in [0.1, 0.15) is 36.4 Å². The van der Waals surface area contributed by atoms with Crippen molar-refractivity contribution in [3.05, 3.63) is 34.3 Å². The highest BCUT2D eigenvalue weighted by Crippen LogP contribution is 2.33. The summed E-state index contributed by atoms with van der Waals surface area (Å²) >= 11 is 6.08. The van der Waals surface area contributed by atoms with Crippen LogP contribution in [0.4, 0.5) is 0 Å². The predicted molar refractivity (Wildman–Crippen MR) is 84.9 cm³/mol. The summed E-state index contributed by atoms with van der Waals surface area (Å²) in [6.07, 6.45) is 5.31. The van der Waals surface area contributed by atoms with Crippen LogP contribution in [0.3, 0.4) is 0 Å². The van der Waals surface area contributed by atoms with E-state index >= 15 is 0 Å². The minimum atomic E-state index is 0.343. The van der Waals surface area contributed by atoms with Gasteiger partial charge in [-0.1, -0.05) is 17.7 Å². The number of nitrogens with zero attached hydrogens (tertiary/aromatic N) is 1. The van der Waals surface area contributed by atoms with Crippen molar-refractivity contribution in [3.63, 3.8) is 0 Å². The van der Waals surface area contributed by atoms with Crippen LogP contribution in [0.15, 0.2) is 18.2 Å². The Balaban J connectivity index is 1.34. The molecule has 2 saturated heterocycles. The molecule has 4 heteroatoms. The average Bonchev–Trinajstić information content (AvgIpc) is 3.10. The zero-order chi connectivity index (χ0) is 14.2. The molecule has 3 aliphatic rings. The third-order valence-electron chi connectivity index (χ3n) is 5.24. The molecule has 0 aromatic heterocycles. The van der Waals surface area contributed by atoms with E-state index in [4.69, 9.17) is 16.3 Å². The SMILES string of the molecule is Clc1ccc2c(c1)CCC2NCC1CN2CCCC2CO1.